The summed E-state index contributed by atoms with van der Waals surface area (Å²) in [6, 6.07) is 0. The average Bonchev–Trinajstić information content (AvgIpc) is 3.09. The van der Waals surface area contributed by atoms with Crippen LogP contribution < -0.4 is 0 Å². The van der Waals surface area contributed by atoms with Crippen molar-refractivity contribution in [2.45, 2.75) is 117 Å². The van der Waals surface area contributed by atoms with Crippen LogP contribution in [0.25, 0.3) is 0 Å². The van der Waals surface area contributed by atoms with Gasteiger partial charge >= 0.3 is 0 Å². The second-order valence-corrected chi connectivity index (χ2v) is 8.34. The van der Waals surface area contributed by atoms with Gasteiger partial charge in [0.2, 0.25) is 5.84 Å². The average molecular weight is 380 g/mol. The number of quaternary nitrogens is 1. The molecule has 2 unspecified atom stereocenters. The smallest absolute Gasteiger partial charge is 0.200 e. The Morgan fingerprint density at radius 1 is 0.889 bits per heavy atom. The molecule has 0 fully saturated rings. The van der Waals surface area contributed by atoms with Gasteiger partial charge in [-0.05, 0) is 32.6 Å². The maximum absolute atomic E-state index is 10.2. The minimum atomic E-state index is -0.330. The van der Waals surface area contributed by atoms with Gasteiger partial charge in [-0.3, -0.25) is 4.48 Å². The monoisotopic (exact) mass is 379 g/mol. The molecule has 0 radical (unpaired) electrons. The third kappa shape index (κ3) is 9.38. The quantitative estimate of drug-likeness (QED) is 0.172. The lowest BCUT2D eigenvalue weighted by Gasteiger charge is -2.36. The Morgan fingerprint density at radius 2 is 1.44 bits per heavy atom. The molecule has 3 nitrogen and oxygen atoms in total. The van der Waals surface area contributed by atoms with Crippen molar-refractivity contribution < 1.29 is 9.59 Å². The molecule has 27 heavy (non-hydrogen) atoms. The van der Waals surface area contributed by atoms with E-state index in [1.165, 1.54) is 76.5 Å². The second-order valence-electron chi connectivity index (χ2n) is 8.34. The van der Waals surface area contributed by atoms with Crippen LogP contribution >= 0.6 is 0 Å². The Bertz CT molecular complexity index is 417. The molecule has 0 aliphatic carbocycles. The molecule has 2 atom stereocenters. The molecule has 1 aliphatic rings. The van der Waals surface area contributed by atoms with Crippen LogP contribution in [0.5, 0.6) is 0 Å². The summed E-state index contributed by atoms with van der Waals surface area (Å²) in [4.78, 5) is 4.69. The number of hydrogen-bond acceptors (Lipinski definition) is 2. The van der Waals surface area contributed by atoms with Crippen molar-refractivity contribution in [1.82, 2.24) is 0 Å². The van der Waals surface area contributed by atoms with Gasteiger partial charge in [0.15, 0.2) is 6.23 Å². The van der Waals surface area contributed by atoms with E-state index in [9.17, 15) is 5.11 Å². The zero-order valence-corrected chi connectivity index (χ0v) is 18.6. The van der Waals surface area contributed by atoms with Crippen LogP contribution in [0.15, 0.2) is 17.1 Å². The Labute approximate surface area is 169 Å². The molecule has 0 aromatic heterocycles. The number of amidine groups is 1. The number of rotatable bonds is 17. The molecule has 1 rings (SSSR count). The first-order valence-electron chi connectivity index (χ1n) is 11.9. The molecule has 1 N–H and O–H groups in total. The fraction of sp³-hybridized carbons (Fsp3) is 0.875. The first-order chi connectivity index (χ1) is 13.2. The zero-order chi connectivity index (χ0) is 19.8. The van der Waals surface area contributed by atoms with Crippen molar-refractivity contribution in [3.63, 3.8) is 0 Å². The fourth-order valence-corrected chi connectivity index (χ4v) is 4.30. The Hall–Kier alpha value is -0.670. The highest BCUT2D eigenvalue weighted by atomic mass is 16.3. The predicted molar refractivity (Wildman–Crippen MR) is 119 cm³/mol. The van der Waals surface area contributed by atoms with Crippen LogP contribution in [0, 0.1) is 0 Å². The number of allylic oxidation sites excluding steroid dienone is 2. The highest BCUT2D eigenvalue weighted by molar-refractivity contribution is 5.76. The largest absolute Gasteiger partial charge is 0.345 e. The van der Waals surface area contributed by atoms with Crippen molar-refractivity contribution in [3.05, 3.63) is 12.2 Å². The third-order valence-electron chi connectivity index (χ3n) is 6.25. The van der Waals surface area contributed by atoms with Crippen molar-refractivity contribution >= 4 is 5.84 Å². The summed E-state index contributed by atoms with van der Waals surface area (Å²) in [5.74, 6) is 1.22. The summed E-state index contributed by atoms with van der Waals surface area (Å²) in [5.41, 5.74) is 0. The van der Waals surface area contributed by atoms with Gasteiger partial charge in [-0.25, -0.2) is 4.99 Å². The SMILES string of the molecule is CCCCCCCCCCCC/C=C/CCCC1=NCC[N+]1(CC)C(C)O. The molecule has 1 heterocycles. The summed E-state index contributed by atoms with van der Waals surface area (Å²) >= 11 is 0. The zero-order valence-electron chi connectivity index (χ0n) is 18.6. The van der Waals surface area contributed by atoms with E-state index >= 15 is 0 Å². The van der Waals surface area contributed by atoms with E-state index in [-0.39, 0.29) is 6.23 Å². The standard InChI is InChI=1S/C24H47N2O/c1-4-6-7-8-9-10-11-12-13-14-15-16-17-18-19-20-24-25-21-22-26(24,5-2)23(3)27/h16-17,23,27H,4-15,18-22H2,1-3H3/q+1/b17-16+. The first kappa shape index (κ1) is 24.4. The molecule has 0 amide bonds. The first-order valence-corrected chi connectivity index (χ1v) is 11.9. The summed E-state index contributed by atoms with van der Waals surface area (Å²) in [6.45, 7) is 9.16. The lowest BCUT2D eigenvalue weighted by molar-refractivity contribution is -0.882. The van der Waals surface area contributed by atoms with E-state index < -0.39 is 0 Å². The van der Waals surface area contributed by atoms with E-state index in [0.717, 1.165) is 38.9 Å². The number of aliphatic hydroxyl groups is 1. The molecule has 0 spiro atoms. The summed E-state index contributed by atoms with van der Waals surface area (Å²) < 4.78 is 0.697. The summed E-state index contributed by atoms with van der Waals surface area (Å²) in [5, 5.41) is 10.2. The van der Waals surface area contributed by atoms with Crippen LogP contribution in [0.2, 0.25) is 0 Å². The molecule has 0 saturated heterocycles. The van der Waals surface area contributed by atoms with E-state index in [4.69, 9.17) is 0 Å². The molecule has 158 valence electrons. The van der Waals surface area contributed by atoms with Gasteiger partial charge in [0.25, 0.3) is 0 Å². The lowest BCUT2D eigenvalue weighted by atomic mass is 10.1. The number of aliphatic hydroxyl groups excluding tert-OH is 1. The second kappa shape index (κ2) is 15.3. The van der Waals surface area contributed by atoms with Gasteiger partial charge in [0.1, 0.15) is 6.54 Å². The Balaban J connectivity index is 1.97. The highest BCUT2D eigenvalue weighted by Gasteiger charge is 2.40. The van der Waals surface area contributed by atoms with E-state index in [0.29, 0.717) is 4.48 Å². The van der Waals surface area contributed by atoms with E-state index in [2.05, 4.69) is 31.0 Å². The number of hydrogen-bond donors (Lipinski definition) is 1. The van der Waals surface area contributed by atoms with E-state index in [1.54, 1.807) is 0 Å². The van der Waals surface area contributed by atoms with Crippen LogP contribution in [0.3, 0.4) is 0 Å². The van der Waals surface area contributed by atoms with Crippen LogP contribution in [-0.2, 0) is 0 Å². The Kier molecular flexibility index (Phi) is 13.8. The van der Waals surface area contributed by atoms with Crippen molar-refractivity contribution in [2.75, 3.05) is 19.6 Å². The molecule has 0 aromatic rings. The lowest BCUT2D eigenvalue weighted by Crippen LogP contribution is -2.56. The molecule has 0 bridgehead atoms. The molecular weight excluding hydrogens is 332 g/mol. The number of aliphatic imine (C=N–C) groups is 1. The highest BCUT2D eigenvalue weighted by Crippen LogP contribution is 2.22. The Morgan fingerprint density at radius 3 is 2.00 bits per heavy atom. The number of unbranched alkanes of at least 4 members (excludes halogenated alkanes) is 11. The van der Waals surface area contributed by atoms with Gasteiger partial charge in [-0.15, -0.1) is 0 Å². The normalized spacial score (nSPS) is 21.1. The third-order valence-corrected chi connectivity index (χ3v) is 6.25. The summed E-state index contributed by atoms with van der Waals surface area (Å²) in [6.07, 6.45) is 23.1. The topological polar surface area (TPSA) is 32.6 Å². The van der Waals surface area contributed by atoms with Crippen LogP contribution in [0.4, 0.5) is 0 Å². The van der Waals surface area contributed by atoms with Crippen molar-refractivity contribution in [2.24, 2.45) is 4.99 Å². The van der Waals surface area contributed by atoms with Crippen LogP contribution in [0.1, 0.15) is 111 Å². The van der Waals surface area contributed by atoms with E-state index in [1.807, 2.05) is 6.92 Å². The van der Waals surface area contributed by atoms with Gasteiger partial charge < -0.3 is 5.11 Å². The predicted octanol–water partition coefficient (Wildman–Crippen LogP) is 6.61. The molecule has 0 aromatic carbocycles. The van der Waals surface area contributed by atoms with Crippen molar-refractivity contribution in [3.8, 4) is 0 Å². The number of nitrogens with zero attached hydrogens (tertiary/aromatic N) is 2. The maximum atomic E-state index is 10.2. The molecule has 0 saturated carbocycles. The maximum Gasteiger partial charge on any atom is 0.200 e. The molecular formula is C24H47N2O+. The van der Waals surface area contributed by atoms with Crippen LogP contribution in [-0.4, -0.2) is 41.3 Å². The minimum absolute atomic E-state index is 0.330. The van der Waals surface area contributed by atoms with Gasteiger partial charge in [0.05, 0.1) is 13.1 Å². The molecule has 1 aliphatic heterocycles. The number of likely N-dealkylation sites (N-methyl/N-ethyl adjacent to an activating group) is 1. The van der Waals surface area contributed by atoms with Gasteiger partial charge in [-0.1, -0.05) is 76.9 Å². The minimum Gasteiger partial charge on any atom is -0.345 e. The summed E-state index contributed by atoms with van der Waals surface area (Å²) in [7, 11) is 0. The molecule has 3 heteroatoms. The van der Waals surface area contributed by atoms with Gasteiger partial charge in [0, 0.05) is 13.3 Å². The fourth-order valence-electron chi connectivity index (χ4n) is 4.30. The van der Waals surface area contributed by atoms with Gasteiger partial charge in [-0.2, -0.15) is 0 Å². The van der Waals surface area contributed by atoms with Crippen molar-refractivity contribution in [1.29, 1.82) is 0 Å².